The van der Waals surface area contributed by atoms with E-state index in [2.05, 4.69) is 40.5 Å². The van der Waals surface area contributed by atoms with Crippen molar-refractivity contribution >= 4 is 0 Å². The Morgan fingerprint density at radius 2 is 2.11 bits per heavy atom. The number of H-pyrrole nitrogens is 1. The summed E-state index contributed by atoms with van der Waals surface area (Å²) in [6.45, 7) is 2.11. The average Bonchev–Trinajstić information content (AvgIpc) is 3.02. The number of benzene rings is 1. The smallest absolute Gasteiger partial charge is 0.124 e. The molecule has 0 spiro atoms. The molecule has 2 heterocycles. The Hall–Kier alpha value is -2.36. The fourth-order valence-corrected chi connectivity index (χ4v) is 2.02. The van der Waals surface area contributed by atoms with Gasteiger partial charge in [-0.05, 0) is 18.1 Å². The van der Waals surface area contributed by atoms with E-state index in [-0.39, 0.29) is 0 Å². The normalized spacial score (nSPS) is 10.7. The number of aryl methyl sites for hydroxylation is 1. The highest BCUT2D eigenvalue weighted by Crippen LogP contribution is 2.23. The Kier molecular flexibility index (Phi) is 2.68. The Morgan fingerprint density at radius 1 is 1.22 bits per heavy atom. The predicted molar refractivity (Wildman–Crippen MR) is 68.1 cm³/mol. The molecule has 0 amide bonds. The predicted octanol–water partition coefficient (Wildman–Crippen LogP) is 2.96. The third-order valence-electron chi connectivity index (χ3n) is 3.06. The molecule has 0 unspecified atom stereocenters. The third-order valence-corrected chi connectivity index (χ3v) is 3.06. The maximum atomic E-state index is 4.88. The van der Waals surface area contributed by atoms with E-state index in [0.29, 0.717) is 0 Å². The second kappa shape index (κ2) is 4.49. The van der Waals surface area contributed by atoms with Crippen molar-refractivity contribution in [1.29, 1.82) is 0 Å². The second-order valence-electron chi connectivity index (χ2n) is 4.25. The monoisotopic (exact) mass is 239 g/mol. The van der Waals surface area contributed by atoms with Gasteiger partial charge in [0.2, 0.25) is 0 Å². The van der Waals surface area contributed by atoms with Crippen molar-refractivity contribution in [2.75, 3.05) is 0 Å². The maximum absolute atomic E-state index is 4.88. The van der Waals surface area contributed by atoms with Gasteiger partial charge >= 0.3 is 0 Å². The maximum Gasteiger partial charge on any atom is 0.124 e. The summed E-state index contributed by atoms with van der Waals surface area (Å²) in [6, 6.07) is 10.2. The van der Waals surface area contributed by atoms with Gasteiger partial charge in [0.15, 0.2) is 0 Å². The van der Waals surface area contributed by atoms with Gasteiger partial charge in [0, 0.05) is 23.7 Å². The summed E-state index contributed by atoms with van der Waals surface area (Å²) in [6.07, 6.45) is 4.17. The van der Waals surface area contributed by atoms with E-state index in [1.165, 1.54) is 11.1 Å². The minimum atomic E-state index is 0.812. The van der Waals surface area contributed by atoms with Gasteiger partial charge in [0.25, 0.3) is 0 Å². The Labute approximate surface area is 105 Å². The molecular weight excluding hydrogens is 226 g/mol. The molecule has 90 valence electrons. The van der Waals surface area contributed by atoms with Crippen LogP contribution < -0.4 is 0 Å². The molecule has 0 fully saturated rings. The number of hydrogen-bond acceptors (Lipinski definition) is 3. The van der Waals surface area contributed by atoms with Crippen LogP contribution in [0.3, 0.4) is 0 Å². The molecule has 3 rings (SSSR count). The molecule has 0 saturated carbocycles. The molecule has 2 aromatic heterocycles. The van der Waals surface area contributed by atoms with Crippen LogP contribution in [0, 0.1) is 6.92 Å². The summed E-state index contributed by atoms with van der Waals surface area (Å²) in [5, 5.41) is 11.1. The van der Waals surface area contributed by atoms with Gasteiger partial charge in [0.1, 0.15) is 12.0 Å². The minimum absolute atomic E-state index is 0.812. The minimum Gasteiger partial charge on any atom is -0.364 e. The number of hydrogen-bond donors (Lipinski definition) is 1. The van der Waals surface area contributed by atoms with Crippen LogP contribution in [0.1, 0.15) is 16.8 Å². The topological polar surface area (TPSA) is 54.7 Å². The van der Waals surface area contributed by atoms with Crippen molar-refractivity contribution in [3.63, 3.8) is 0 Å². The molecule has 18 heavy (non-hydrogen) atoms. The van der Waals surface area contributed by atoms with Crippen LogP contribution >= 0.6 is 0 Å². The van der Waals surface area contributed by atoms with E-state index in [9.17, 15) is 0 Å². The molecule has 1 aromatic carbocycles. The first-order valence-corrected chi connectivity index (χ1v) is 5.82. The summed E-state index contributed by atoms with van der Waals surface area (Å²) in [5.74, 6) is 0. The van der Waals surface area contributed by atoms with Crippen LogP contribution in [0.2, 0.25) is 0 Å². The zero-order valence-electron chi connectivity index (χ0n) is 10.1. The lowest BCUT2D eigenvalue weighted by atomic mass is 10.0. The summed E-state index contributed by atoms with van der Waals surface area (Å²) >= 11 is 0. The highest BCUT2D eigenvalue weighted by Gasteiger charge is 2.11. The van der Waals surface area contributed by atoms with Gasteiger partial charge in [-0.15, -0.1) is 0 Å². The van der Waals surface area contributed by atoms with Gasteiger partial charge in [-0.2, -0.15) is 5.10 Å². The molecule has 0 aliphatic rings. The summed E-state index contributed by atoms with van der Waals surface area (Å²) in [7, 11) is 0. The van der Waals surface area contributed by atoms with Crippen LogP contribution in [0.5, 0.6) is 0 Å². The SMILES string of the molecule is Cc1ccccc1Cc1[nH]ncc1-c1ccon1. The van der Waals surface area contributed by atoms with E-state index in [1.54, 1.807) is 12.5 Å². The fourth-order valence-electron chi connectivity index (χ4n) is 2.02. The molecule has 0 aliphatic heterocycles. The van der Waals surface area contributed by atoms with Gasteiger partial charge in [-0.25, -0.2) is 0 Å². The Morgan fingerprint density at radius 3 is 2.89 bits per heavy atom. The first-order valence-electron chi connectivity index (χ1n) is 5.82. The van der Waals surface area contributed by atoms with Crippen molar-refractivity contribution in [2.24, 2.45) is 0 Å². The van der Waals surface area contributed by atoms with Gasteiger partial charge in [0.05, 0.1) is 6.20 Å². The Bertz CT molecular complexity index is 641. The van der Waals surface area contributed by atoms with E-state index in [4.69, 9.17) is 4.52 Å². The zero-order chi connectivity index (χ0) is 12.4. The molecule has 4 nitrogen and oxygen atoms in total. The standard InChI is InChI=1S/C14H13N3O/c1-10-4-2-3-5-11(10)8-14-12(9-15-16-14)13-6-7-18-17-13/h2-7,9H,8H2,1H3,(H,15,16). The second-order valence-corrected chi connectivity index (χ2v) is 4.25. The molecule has 0 bridgehead atoms. The van der Waals surface area contributed by atoms with E-state index in [0.717, 1.165) is 23.4 Å². The van der Waals surface area contributed by atoms with E-state index < -0.39 is 0 Å². The molecule has 0 aliphatic carbocycles. The summed E-state index contributed by atoms with van der Waals surface area (Å²) < 4.78 is 4.88. The van der Waals surface area contributed by atoms with Crippen LogP contribution in [0.25, 0.3) is 11.3 Å². The molecule has 0 saturated heterocycles. The fraction of sp³-hybridized carbons (Fsp3) is 0.143. The molecule has 0 atom stereocenters. The van der Waals surface area contributed by atoms with E-state index >= 15 is 0 Å². The largest absolute Gasteiger partial charge is 0.364 e. The van der Waals surface area contributed by atoms with Gasteiger partial charge < -0.3 is 4.52 Å². The lowest BCUT2D eigenvalue weighted by Crippen LogP contribution is -1.94. The van der Waals surface area contributed by atoms with Crippen molar-refractivity contribution < 1.29 is 4.52 Å². The van der Waals surface area contributed by atoms with Crippen molar-refractivity contribution in [3.05, 3.63) is 59.6 Å². The van der Waals surface area contributed by atoms with Crippen molar-refractivity contribution in [1.82, 2.24) is 15.4 Å². The summed E-state index contributed by atoms with van der Waals surface area (Å²) in [5.41, 5.74) is 5.42. The average molecular weight is 239 g/mol. The quantitative estimate of drug-likeness (QED) is 0.764. The van der Waals surface area contributed by atoms with Crippen LogP contribution in [-0.2, 0) is 6.42 Å². The third kappa shape index (κ3) is 1.93. The number of aromatic amines is 1. The molecule has 3 aromatic rings. The highest BCUT2D eigenvalue weighted by molar-refractivity contribution is 5.60. The number of rotatable bonds is 3. The zero-order valence-corrected chi connectivity index (χ0v) is 10.1. The molecule has 4 heteroatoms. The summed E-state index contributed by atoms with van der Waals surface area (Å²) in [4.78, 5) is 0. The van der Waals surface area contributed by atoms with Gasteiger partial charge in [-0.3, -0.25) is 5.10 Å². The van der Waals surface area contributed by atoms with Gasteiger partial charge in [-0.1, -0.05) is 29.4 Å². The number of aromatic nitrogens is 3. The highest BCUT2D eigenvalue weighted by atomic mass is 16.5. The van der Waals surface area contributed by atoms with Crippen LogP contribution in [0.15, 0.2) is 47.3 Å². The number of nitrogens with zero attached hydrogens (tertiary/aromatic N) is 2. The molecule has 0 radical (unpaired) electrons. The van der Waals surface area contributed by atoms with Crippen molar-refractivity contribution in [3.8, 4) is 11.3 Å². The van der Waals surface area contributed by atoms with E-state index in [1.807, 2.05) is 12.1 Å². The lowest BCUT2D eigenvalue weighted by molar-refractivity contribution is 0.422. The molecular formula is C14H13N3O. The first kappa shape index (κ1) is 10.8. The van der Waals surface area contributed by atoms with Crippen molar-refractivity contribution in [2.45, 2.75) is 13.3 Å². The van der Waals surface area contributed by atoms with Crippen LogP contribution in [-0.4, -0.2) is 15.4 Å². The number of nitrogens with one attached hydrogen (secondary N) is 1. The molecule has 1 N–H and O–H groups in total. The van der Waals surface area contributed by atoms with Crippen LogP contribution in [0.4, 0.5) is 0 Å². The first-order chi connectivity index (χ1) is 8.84. The Balaban J connectivity index is 1.95. The lowest BCUT2D eigenvalue weighted by Gasteiger charge is -2.04.